The van der Waals surface area contributed by atoms with Gasteiger partial charge in [-0.2, -0.15) is 0 Å². The Hall–Kier alpha value is -1.68. The highest BCUT2D eigenvalue weighted by Gasteiger charge is 2.28. The first-order valence-electron chi connectivity index (χ1n) is 8.96. The Morgan fingerprint density at radius 1 is 1.33 bits per heavy atom. The van der Waals surface area contributed by atoms with Gasteiger partial charge in [-0.05, 0) is 37.5 Å². The van der Waals surface area contributed by atoms with E-state index in [4.69, 9.17) is 16.3 Å². The Bertz CT molecular complexity index is 777. The number of amides is 1. The van der Waals surface area contributed by atoms with Crippen LogP contribution < -0.4 is 10.1 Å². The number of aromatic nitrogens is 1. The first kappa shape index (κ1) is 15.8. The molecule has 1 amide bonds. The number of nitrogens with one attached hydrogen (secondary N) is 1. The van der Waals surface area contributed by atoms with E-state index >= 15 is 0 Å². The molecule has 1 aromatic heterocycles. The molecule has 0 unspecified atom stereocenters. The summed E-state index contributed by atoms with van der Waals surface area (Å²) in [5.74, 6) is 0.834. The molecule has 128 valence electrons. The summed E-state index contributed by atoms with van der Waals surface area (Å²) in [6.07, 6.45) is 6.85. The quantitative estimate of drug-likeness (QED) is 0.887. The molecular formula is C19H23ClN2O2. The molecular weight excluding hydrogens is 324 g/mol. The lowest BCUT2D eigenvalue weighted by Gasteiger charge is -2.27. The second-order valence-corrected chi connectivity index (χ2v) is 7.31. The summed E-state index contributed by atoms with van der Waals surface area (Å²) in [4.78, 5) is 12.9. The van der Waals surface area contributed by atoms with E-state index in [0.717, 1.165) is 35.9 Å². The molecule has 2 aliphatic rings. The summed E-state index contributed by atoms with van der Waals surface area (Å²) in [5.41, 5.74) is 1.65. The summed E-state index contributed by atoms with van der Waals surface area (Å²) < 4.78 is 8.13. The van der Waals surface area contributed by atoms with Crippen LogP contribution in [0.2, 0.25) is 5.02 Å². The van der Waals surface area contributed by atoms with Crippen molar-refractivity contribution in [3.05, 3.63) is 28.9 Å². The van der Waals surface area contributed by atoms with Crippen LogP contribution in [0.5, 0.6) is 5.75 Å². The van der Waals surface area contributed by atoms with E-state index in [0.29, 0.717) is 23.3 Å². The molecule has 1 atom stereocenters. The molecule has 1 aromatic carbocycles. The molecule has 24 heavy (non-hydrogen) atoms. The van der Waals surface area contributed by atoms with Crippen LogP contribution in [0.15, 0.2) is 18.2 Å². The zero-order valence-corrected chi connectivity index (χ0v) is 14.7. The molecule has 1 aliphatic carbocycles. The van der Waals surface area contributed by atoms with Crippen LogP contribution in [0, 0.1) is 0 Å². The number of halogens is 1. The molecule has 0 bridgehead atoms. The highest BCUT2D eigenvalue weighted by molar-refractivity contribution is 6.36. The minimum absolute atomic E-state index is 0.0110. The van der Waals surface area contributed by atoms with Crippen LogP contribution >= 0.6 is 11.6 Å². The van der Waals surface area contributed by atoms with Gasteiger partial charge in [-0.1, -0.05) is 37.8 Å². The minimum Gasteiger partial charge on any atom is -0.486 e. The standard InChI is InChI=1S/C19H23ClN2O2/c1-2-13-11-22-16(19(23)21-12-6-4-3-5-7-12)10-14-15(20)8-9-17(24-13)18(14)22/h8-10,12-13H,2-7,11H2,1H3,(H,21,23)/t13-/m1/s1. The lowest BCUT2D eigenvalue weighted by molar-refractivity contribution is 0.0912. The van der Waals surface area contributed by atoms with E-state index in [1.165, 1.54) is 19.3 Å². The van der Waals surface area contributed by atoms with Gasteiger partial charge in [0.05, 0.1) is 17.1 Å². The molecule has 4 rings (SSSR count). The third-order valence-electron chi connectivity index (χ3n) is 5.28. The van der Waals surface area contributed by atoms with E-state index < -0.39 is 0 Å². The monoisotopic (exact) mass is 346 g/mol. The van der Waals surface area contributed by atoms with Crippen LogP contribution in [0.3, 0.4) is 0 Å². The zero-order chi connectivity index (χ0) is 16.7. The van der Waals surface area contributed by atoms with Crippen LogP contribution in [0.1, 0.15) is 55.9 Å². The predicted octanol–water partition coefficient (Wildman–Crippen LogP) is 4.53. The Labute approximate surface area is 147 Å². The highest BCUT2D eigenvalue weighted by Crippen LogP contribution is 2.38. The molecule has 0 radical (unpaired) electrons. The largest absolute Gasteiger partial charge is 0.486 e. The third-order valence-corrected chi connectivity index (χ3v) is 5.61. The summed E-state index contributed by atoms with van der Waals surface area (Å²) in [6, 6.07) is 5.98. The third kappa shape index (κ3) is 2.67. The van der Waals surface area contributed by atoms with Crippen molar-refractivity contribution >= 4 is 28.4 Å². The number of nitrogens with zero attached hydrogens (tertiary/aromatic N) is 1. The average Bonchev–Trinajstić information content (AvgIpc) is 3.00. The van der Waals surface area contributed by atoms with Gasteiger partial charge in [0.1, 0.15) is 17.5 Å². The SMILES string of the molecule is CC[C@@H]1Cn2c(C(=O)NC3CCCCC3)cc3c(Cl)ccc(c32)O1. The smallest absolute Gasteiger partial charge is 0.268 e. The van der Waals surface area contributed by atoms with Gasteiger partial charge in [0.2, 0.25) is 0 Å². The summed E-state index contributed by atoms with van der Waals surface area (Å²) in [5, 5.41) is 4.79. The van der Waals surface area contributed by atoms with Gasteiger partial charge < -0.3 is 14.6 Å². The van der Waals surface area contributed by atoms with Crippen molar-refractivity contribution in [1.29, 1.82) is 0 Å². The van der Waals surface area contributed by atoms with E-state index in [-0.39, 0.29) is 12.0 Å². The van der Waals surface area contributed by atoms with Crippen LogP contribution in [0.25, 0.3) is 10.9 Å². The molecule has 1 fully saturated rings. The van der Waals surface area contributed by atoms with Crippen molar-refractivity contribution in [2.45, 2.75) is 64.1 Å². The second-order valence-electron chi connectivity index (χ2n) is 6.90. The molecule has 0 saturated heterocycles. The van der Waals surface area contributed by atoms with Crippen molar-refractivity contribution in [3.63, 3.8) is 0 Å². The maximum absolute atomic E-state index is 12.9. The zero-order valence-electron chi connectivity index (χ0n) is 14.0. The number of carbonyl (C=O) groups is 1. The molecule has 1 saturated carbocycles. The fourth-order valence-electron chi connectivity index (χ4n) is 3.93. The topological polar surface area (TPSA) is 43.3 Å². The second kappa shape index (κ2) is 6.32. The predicted molar refractivity (Wildman–Crippen MR) is 96.0 cm³/mol. The van der Waals surface area contributed by atoms with Gasteiger partial charge in [-0.15, -0.1) is 0 Å². The lowest BCUT2D eigenvalue weighted by atomic mass is 9.95. The van der Waals surface area contributed by atoms with Gasteiger partial charge in [0.15, 0.2) is 0 Å². The fourth-order valence-corrected chi connectivity index (χ4v) is 4.13. The number of ether oxygens (including phenoxy) is 1. The lowest BCUT2D eigenvalue weighted by Crippen LogP contribution is -2.38. The maximum atomic E-state index is 12.9. The van der Waals surface area contributed by atoms with E-state index in [9.17, 15) is 4.79 Å². The molecule has 4 nitrogen and oxygen atoms in total. The van der Waals surface area contributed by atoms with Gasteiger partial charge in [0.25, 0.3) is 5.91 Å². The first-order chi connectivity index (χ1) is 11.7. The number of rotatable bonds is 3. The Morgan fingerprint density at radius 3 is 2.88 bits per heavy atom. The molecule has 5 heteroatoms. The fraction of sp³-hybridized carbons (Fsp3) is 0.526. The van der Waals surface area contributed by atoms with Crippen LogP contribution in [0.4, 0.5) is 0 Å². The van der Waals surface area contributed by atoms with Gasteiger partial charge >= 0.3 is 0 Å². The first-order valence-corrected chi connectivity index (χ1v) is 9.34. The highest BCUT2D eigenvalue weighted by atomic mass is 35.5. The van der Waals surface area contributed by atoms with Crippen molar-refractivity contribution in [3.8, 4) is 5.75 Å². The van der Waals surface area contributed by atoms with Crippen LogP contribution in [-0.4, -0.2) is 22.6 Å². The molecule has 2 aromatic rings. The van der Waals surface area contributed by atoms with E-state index in [2.05, 4.69) is 16.8 Å². The number of benzene rings is 1. The van der Waals surface area contributed by atoms with Crippen molar-refractivity contribution in [2.75, 3.05) is 0 Å². The van der Waals surface area contributed by atoms with E-state index in [1.807, 2.05) is 18.2 Å². The summed E-state index contributed by atoms with van der Waals surface area (Å²) in [7, 11) is 0. The van der Waals surface area contributed by atoms with Gasteiger partial charge in [-0.3, -0.25) is 4.79 Å². The molecule has 2 heterocycles. The average molecular weight is 347 g/mol. The normalized spacial score (nSPS) is 20.8. The van der Waals surface area contributed by atoms with E-state index in [1.54, 1.807) is 0 Å². The Kier molecular flexibility index (Phi) is 4.17. The molecule has 1 aliphatic heterocycles. The number of carbonyl (C=O) groups excluding carboxylic acids is 1. The summed E-state index contributed by atoms with van der Waals surface area (Å²) >= 11 is 6.36. The number of hydrogen-bond acceptors (Lipinski definition) is 2. The summed E-state index contributed by atoms with van der Waals surface area (Å²) in [6.45, 7) is 2.80. The van der Waals surface area contributed by atoms with Gasteiger partial charge in [0, 0.05) is 11.4 Å². The van der Waals surface area contributed by atoms with Crippen molar-refractivity contribution in [2.24, 2.45) is 0 Å². The van der Waals surface area contributed by atoms with Crippen molar-refractivity contribution < 1.29 is 9.53 Å². The van der Waals surface area contributed by atoms with Gasteiger partial charge in [-0.25, -0.2) is 0 Å². The number of hydrogen-bond donors (Lipinski definition) is 1. The maximum Gasteiger partial charge on any atom is 0.268 e. The Morgan fingerprint density at radius 2 is 2.12 bits per heavy atom. The molecule has 0 spiro atoms. The van der Waals surface area contributed by atoms with Crippen LogP contribution in [-0.2, 0) is 6.54 Å². The van der Waals surface area contributed by atoms with Crippen molar-refractivity contribution in [1.82, 2.24) is 9.88 Å². The minimum atomic E-state index is 0.0110. The molecule has 1 N–H and O–H groups in total. The Balaban J connectivity index is 1.72.